The molecule has 1 fully saturated rings. The molecule has 0 bridgehead atoms. The fraction of sp³-hybridized carbons (Fsp3) is 0.364. The average Bonchev–Trinajstić information content (AvgIpc) is 2.60. The van der Waals surface area contributed by atoms with Crippen molar-refractivity contribution in [2.45, 2.75) is 13.0 Å². The molecule has 0 N–H and O–H groups in total. The van der Waals surface area contributed by atoms with Crippen molar-refractivity contribution in [2.24, 2.45) is 0 Å². The summed E-state index contributed by atoms with van der Waals surface area (Å²) in [5.41, 5.74) is 2.05. The molecule has 0 aromatic heterocycles. The highest BCUT2D eigenvalue weighted by molar-refractivity contribution is 14.1. The quantitative estimate of drug-likeness (QED) is 0.620. The second-order valence-electron chi connectivity index (χ2n) is 3.56. The van der Waals surface area contributed by atoms with E-state index in [0.717, 1.165) is 15.7 Å². The number of hydrogen-bond donors (Lipinski definition) is 0. The minimum Gasteiger partial charge on any atom is -0.443 e. The van der Waals surface area contributed by atoms with E-state index in [4.69, 9.17) is 4.74 Å². The number of aryl methyl sites for hydroxylation is 1. The number of para-hydroxylation sites is 1. The Morgan fingerprint density at radius 2 is 2.27 bits per heavy atom. The molecule has 2 rings (SSSR count). The first kappa shape index (κ1) is 10.7. The second-order valence-corrected chi connectivity index (χ2v) is 4.44. The Hall–Kier alpha value is -0.780. The normalized spacial score (nSPS) is 20.5. The summed E-state index contributed by atoms with van der Waals surface area (Å²) in [6.45, 7) is 2.66. The predicted octanol–water partition coefficient (Wildman–Crippen LogP) is 2.76. The molecule has 0 radical (unpaired) electrons. The molecular weight excluding hydrogens is 305 g/mol. The molecule has 15 heavy (non-hydrogen) atoms. The number of cyclic esters (lactones) is 1. The summed E-state index contributed by atoms with van der Waals surface area (Å²) in [7, 11) is 0. The van der Waals surface area contributed by atoms with Crippen molar-refractivity contribution < 1.29 is 9.53 Å². The van der Waals surface area contributed by atoms with Crippen molar-refractivity contribution in [2.75, 3.05) is 15.9 Å². The van der Waals surface area contributed by atoms with Crippen molar-refractivity contribution in [3.05, 3.63) is 29.8 Å². The number of rotatable bonds is 2. The van der Waals surface area contributed by atoms with Gasteiger partial charge in [0.25, 0.3) is 0 Å². The smallest absolute Gasteiger partial charge is 0.414 e. The van der Waals surface area contributed by atoms with E-state index >= 15 is 0 Å². The molecule has 1 aliphatic heterocycles. The molecule has 1 aliphatic rings. The molecule has 1 saturated heterocycles. The number of halogens is 1. The van der Waals surface area contributed by atoms with Crippen LogP contribution in [0.25, 0.3) is 0 Å². The van der Waals surface area contributed by atoms with Crippen LogP contribution in [-0.2, 0) is 4.74 Å². The van der Waals surface area contributed by atoms with Gasteiger partial charge in [0.1, 0.15) is 6.10 Å². The van der Waals surface area contributed by atoms with Crippen LogP contribution in [0.1, 0.15) is 5.56 Å². The predicted molar refractivity (Wildman–Crippen MR) is 67.7 cm³/mol. The van der Waals surface area contributed by atoms with Crippen molar-refractivity contribution in [3.8, 4) is 0 Å². The summed E-state index contributed by atoms with van der Waals surface area (Å²) < 4.78 is 6.05. The Morgan fingerprint density at radius 1 is 1.53 bits per heavy atom. The zero-order chi connectivity index (χ0) is 10.8. The maximum Gasteiger partial charge on any atom is 0.414 e. The largest absolute Gasteiger partial charge is 0.443 e. The van der Waals surface area contributed by atoms with E-state index in [1.807, 2.05) is 31.2 Å². The lowest BCUT2D eigenvalue weighted by Gasteiger charge is -2.15. The Kier molecular flexibility index (Phi) is 3.14. The maximum absolute atomic E-state index is 11.6. The number of amides is 1. The lowest BCUT2D eigenvalue weighted by atomic mass is 10.2. The van der Waals surface area contributed by atoms with Crippen molar-refractivity contribution in [1.29, 1.82) is 0 Å². The summed E-state index contributed by atoms with van der Waals surface area (Å²) in [6.07, 6.45) is -0.205. The van der Waals surface area contributed by atoms with E-state index in [1.165, 1.54) is 0 Å². The molecule has 80 valence electrons. The summed E-state index contributed by atoms with van der Waals surface area (Å²) in [4.78, 5) is 13.3. The van der Waals surface area contributed by atoms with Gasteiger partial charge in [-0.3, -0.25) is 4.90 Å². The van der Waals surface area contributed by atoms with Crippen LogP contribution >= 0.6 is 22.6 Å². The number of hydrogen-bond acceptors (Lipinski definition) is 2. The first-order valence-electron chi connectivity index (χ1n) is 4.82. The molecular formula is C11H12INO2. The second kappa shape index (κ2) is 4.38. The van der Waals surface area contributed by atoms with Crippen LogP contribution < -0.4 is 4.90 Å². The number of ether oxygens (including phenoxy) is 1. The highest BCUT2D eigenvalue weighted by atomic mass is 127. The fourth-order valence-electron chi connectivity index (χ4n) is 1.66. The highest BCUT2D eigenvalue weighted by Gasteiger charge is 2.31. The van der Waals surface area contributed by atoms with Gasteiger partial charge in [-0.25, -0.2) is 4.79 Å². The van der Waals surface area contributed by atoms with E-state index in [2.05, 4.69) is 22.6 Å². The fourth-order valence-corrected chi connectivity index (χ4v) is 2.12. The van der Waals surface area contributed by atoms with Crippen LogP contribution in [0.2, 0.25) is 0 Å². The number of carbonyl (C=O) groups is 1. The van der Waals surface area contributed by atoms with Crippen LogP contribution in [0, 0.1) is 6.92 Å². The number of nitrogens with zero attached hydrogens (tertiary/aromatic N) is 1. The first-order valence-corrected chi connectivity index (χ1v) is 6.34. The SMILES string of the molecule is Cc1ccccc1N1CC(CI)OC1=O. The third-order valence-electron chi connectivity index (χ3n) is 2.45. The minimum absolute atomic E-state index is 0.0257. The number of alkyl halides is 1. The van der Waals surface area contributed by atoms with Gasteiger partial charge in [-0.05, 0) is 18.6 Å². The molecule has 4 heteroatoms. The van der Waals surface area contributed by atoms with Gasteiger partial charge < -0.3 is 4.74 Å². The minimum atomic E-state index is -0.231. The summed E-state index contributed by atoms with van der Waals surface area (Å²) in [5.74, 6) is 0. The van der Waals surface area contributed by atoms with E-state index < -0.39 is 0 Å². The van der Waals surface area contributed by atoms with Crippen LogP contribution in [0.5, 0.6) is 0 Å². The number of anilines is 1. The Balaban J connectivity index is 2.25. The molecule has 0 aliphatic carbocycles. The molecule has 1 amide bonds. The van der Waals surface area contributed by atoms with Gasteiger partial charge in [0.2, 0.25) is 0 Å². The summed E-state index contributed by atoms with van der Waals surface area (Å²) >= 11 is 2.23. The molecule has 1 aromatic carbocycles. The van der Waals surface area contributed by atoms with Gasteiger partial charge in [-0.1, -0.05) is 40.8 Å². The van der Waals surface area contributed by atoms with Crippen molar-refractivity contribution in [3.63, 3.8) is 0 Å². The Labute approximate surface area is 103 Å². The third kappa shape index (κ3) is 2.09. The Bertz CT molecular complexity index is 381. The van der Waals surface area contributed by atoms with Gasteiger partial charge in [-0.2, -0.15) is 0 Å². The Morgan fingerprint density at radius 3 is 2.87 bits per heavy atom. The lowest BCUT2D eigenvalue weighted by Crippen LogP contribution is -2.25. The van der Waals surface area contributed by atoms with Crippen LogP contribution in [0.4, 0.5) is 10.5 Å². The zero-order valence-electron chi connectivity index (χ0n) is 8.44. The van der Waals surface area contributed by atoms with Crippen LogP contribution in [0.15, 0.2) is 24.3 Å². The molecule has 1 aromatic rings. The molecule has 1 heterocycles. The third-order valence-corrected chi connectivity index (χ3v) is 3.43. The number of benzene rings is 1. The highest BCUT2D eigenvalue weighted by Crippen LogP contribution is 2.25. The van der Waals surface area contributed by atoms with E-state index in [1.54, 1.807) is 4.90 Å². The van der Waals surface area contributed by atoms with Crippen molar-refractivity contribution in [1.82, 2.24) is 0 Å². The van der Waals surface area contributed by atoms with E-state index in [9.17, 15) is 4.79 Å². The van der Waals surface area contributed by atoms with Crippen LogP contribution in [-0.4, -0.2) is 23.2 Å². The first-order chi connectivity index (χ1) is 7.22. The van der Waals surface area contributed by atoms with Gasteiger partial charge in [0.05, 0.1) is 12.2 Å². The molecule has 0 saturated carbocycles. The van der Waals surface area contributed by atoms with E-state index in [0.29, 0.717) is 6.54 Å². The topological polar surface area (TPSA) is 29.5 Å². The zero-order valence-corrected chi connectivity index (χ0v) is 10.6. The monoisotopic (exact) mass is 317 g/mol. The molecule has 3 nitrogen and oxygen atoms in total. The van der Waals surface area contributed by atoms with Gasteiger partial charge in [-0.15, -0.1) is 0 Å². The summed E-state index contributed by atoms with van der Waals surface area (Å²) in [5, 5.41) is 0. The summed E-state index contributed by atoms with van der Waals surface area (Å²) in [6, 6.07) is 7.86. The van der Waals surface area contributed by atoms with Crippen LogP contribution in [0.3, 0.4) is 0 Å². The maximum atomic E-state index is 11.6. The molecule has 1 atom stereocenters. The van der Waals surface area contributed by atoms with E-state index in [-0.39, 0.29) is 12.2 Å². The standard InChI is InChI=1S/C11H12INO2/c1-8-4-2-3-5-10(8)13-7-9(6-12)15-11(13)14/h2-5,9H,6-7H2,1H3. The van der Waals surface area contributed by atoms with Gasteiger partial charge >= 0.3 is 6.09 Å². The van der Waals surface area contributed by atoms with Gasteiger partial charge in [0, 0.05) is 4.43 Å². The number of carbonyl (C=O) groups excluding carboxylic acids is 1. The average molecular weight is 317 g/mol. The molecule has 1 unspecified atom stereocenters. The lowest BCUT2D eigenvalue weighted by molar-refractivity contribution is 0.152. The van der Waals surface area contributed by atoms with Gasteiger partial charge in [0.15, 0.2) is 0 Å². The molecule has 0 spiro atoms. The van der Waals surface area contributed by atoms with Crippen molar-refractivity contribution >= 4 is 34.4 Å².